The summed E-state index contributed by atoms with van der Waals surface area (Å²) >= 11 is 7.19. The Morgan fingerprint density at radius 2 is 2.28 bits per heavy atom. The summed E-state index contributed by atoms with van der Waals surface area (Å²) in [7, 11) is 0. The molecule has 25 heavy (non-hydrogen) atoms. The molecule has 1 aromatic carbocycles. The Morgan fingerprint density at radius 1 is 1.52 bits per heavy atom. The second-order valence-corrected chi connectivity index (χ2v) is 6.19. The van der Waals surface area contributed by atoms with Gasteiger partial charge >= 0.3 is 5.97 Å². The van der Waals surface area contributed by atoms with Crippen LogP contribution in [0.3, 0.4) is 0 Å². The van der Waals surface area contributed by atoms with E-state index < -0.39 is 10.9 Å². The largest absolute Gasteiger partial charge is 0.490 e. The average molecular weight is 387 g/mol. The van der Waals surface area contributed by atoms with E-state index in [0.29, 0.717) is 5.03 Å². The lowest BCUT2D eigenvalue weighted by molar-refractivity contribution is -0.384. The molecule has 0 saturated carbocycles. The third kappa shape index (κ3) is 5.10. The van der Waals surface area contributed by atoms with Gasteiger partial charge in [0.05, 0.1) is 40.0 Å². The second kappa shape index (κ2) is 8.72. The van der Waals surface area contributed by atoms with Crippen molar-refractivity contribution in [3.05, 3.63) is 44.4 Å². The Labute approximate surface area is 152 Å². The minimum atomic E-state index is -0.553. The van der Waals surface area contributed by atoms with Gasteiger partial charge in [0.1, 0.15) is 12.4 Å². The minimum absolute atomic E-state index is 0.110. The minimum Gasteiger partial charge on any atom is -0.490 e. The van der Waals surface area contributed by atoms with Crippen LogP contribution in [0.4, 0.5) is 5.69 Å². The summed E-state index contributed by atoms with van der Waals surface area (Å²) in [5, 5.41) is 11.3. The summed E-state index contributed by atoms with van der Waals surface area (Å²) in [6.07, 6.45) is 1.28. The summed E-state index contributed by atoms with van der Waals surface area (Å²) < 4.78 is 10.3. The third-order valence-corrected chi connectivity index (χ3v) is 4.46. The summed E-state index contributed by atoms with van der Waals surface area (Å²) in [5.74, 6) is -0.130. The highest BCUT2D eigenvalue weighted by molar-refractivity contribution is 8.04. The number of hydrogen-bond acceptors (Lipinski definition) is 7. The highest BCUT2D eigenvalue weighted by Gasteiger charge is 2.27. The van der Waals surface area contributed by atoms with Crippen molar-refractivity contribution in [1.82, 2.24) is 4.90 Å². The van der Waals surface area contributed by atoms with Crippen molar-refractivity contribution in [3.8, 4) is 5.75 Å². The van der Waals surface area contributed by atoms with Crippen LogP contribution in [0.1, 0.15) is 6.92 Å². The Bertz CT molecular complexity index is 724. The predicted octanol–water partition coefficient (Wildman–Crippen LogP) is 2.61. The summed E-state index contributed by atoms with van der Waals surface area (Å²) in [5.41, 5.74) is -0.136. The Hall–Kier alpha value is -2.26. The molecule has 2 rings (SSSR count). The molecule has 1 aromatic rings. The van der Waals surface area contributed by atoms with Gasteiger partial charge in [-0.2, -0.15) is 0 Å². The van der Waals surface area contributed by atoms with Crippen LogP contribution in [0, 0.1) is 10.1 Å². The first-order valence-corrected chi connectivity index (χ1v) is 8.67. The van der Waals surface area contributed by atoms with Crippen LogP contribution in [-0.2, 0) is 14.3 Å². The molecule has 0 aliphatic carbocycles. The van der Waals surface area contributed by atoms with Crippen LogP contribution in [0.5, 0.6) is 5.75 Å². The zero-order chi connectivity index (χ0) is 18.4. The molecule has 0 radical (unpaired) electrons. The van der Waals surface area contributed by atoms with Crippen molar-refractivity contribution >= 4 is 40.9 Å². The zero-order valence-corrected chi connectivity index (χ0v) is 14.8. The molecule has 10 heteroatoms. The maximum atomic E-state index is 11.9. The molecule has 1 fully saturated rings. The summed E-state index contributed by atoms with van der Waals surface area (Å²) in [4.78, 5) is 35.0. The van der Waals surface area contributed by atoms with Crippen LogP contribution in [-0.4, -0.2) is 47.2 Å². The van der Waals surface area contributed by atoms with Gasteiger partial charge in [0, 0.05) is 12.1 Å². The van der Waals surface area contributed by atoms with Crippen molar-refractivity contribution in [1.29, 1.82) is 0 Å². The number of carbonyl (C=O) groups excluding carboxylic acids is 2. The van der Waals surface area contributed by atoms with E-state index in [1.165, 1.54) is 40.9 Å². The van der Waals surface area contributed by atoms with E-state index >= 15 is 0 Å². The number of rotatable bonds is 7. The molecular weight excluding hydrogens is 372 g/mol. The van der Waals surface area contributed by atoms with E-state index in [9.17, 15) is 19.7 Å². The third-order valence-electron chi connectivity index (χ3n) is 3.14. The molecular formula is C15H15ClN2O6S. The number of non-ortho nitro benzene ring substituents is 1. The van der Waals surface area contributed by atoms with Crippen molar-refractivity contribution in [3.63, 3.8) is 0 Å². The number of nitro benzene ring substituents is 1. The Balaban J connectivity index is 1.96. The molecule has 0 unspecified atom stereocenters. The van der Waals surface area contributed by atoms with Gasteiger partial charge in [0.2, 0.25) is 5.91 Å². The molecule has 0 spiro atoms. The number of carbonyl (C=O) groups is 2. The monoisotopic (exact) mass is 386 g/mol. The second-order valence-electron chi connectivity index (χ2n) is 4.79. The number of halogens is 1. The number of nitro groups is 1. The molecule has 1 saturated heterocycles. The van der Waals surface area contributed by atoms with Gasteiger partial charge in [-0.3, -0.25) is 14.9 Å². The molecule has 1 aliphatic heterocycles. The highest BCUT2D eigenvalue weighted by atomic mass is 35.5. The number of ether oxygens (including phenoxy) is 2. The lowest BCUT2D eigenvalue weighted by atomic mass is 10.3. The molecule has 0 aromatic heterocycles. The summed E-state index contributed by atoms with van der Waals surface area (Å²) in [6.45, 7) is 2.28. The number of amides is 1. The lowest BCUT2D eigenvalue weighted by Gasteiger charge is -2.17. The fourth-order valence-electron chi connectivity index (χ4n) is 2.02. The lowest BCUT2D eigenvalue weighted by Crippen LogP contribution is -2.29. The molecule has 0 N–H and O–H groups in total. The highest BCUT2D eigenvalue weighted by Crippen LogP contribution is 2.30. The van der Waals surface area contributed by atoms with E-state index in [-0.39, 0.29) is 47.9 Å². The first-order chi connectivity index (χ1) is 11.9. The van der Waals surface area contributed by atoms with Crippen molar-refractivity contribution in [2.24, 2.45) is 0 Å². The number of hydrogen-bond donors (Lipinski definition) is 0. The van der Waals surface area contributed by atoms with Gasteiger partial charge < -0.3 is 14.4 Å². The Kier molecular flexibility index (Phi) is 6.65. The topological polar surface area (TPSA) is 99.0 Å². The first kappa shape index (κ1) is 19.1. The molecule has 134 valence electrons. The zero-order valence-electron chi connectivity index (χ0n) is 13.3. The Morgan fingerprint density at radius 3 is 2.92 bits per heavy atom. The number of nitrogens with zero attached hydrogens (tertiary/aromatic N) is 2. The van der Waals surface area contributed by atoms with Gasteiger partial charge in [0.15, 0.2) is 0 Å². The van der Waals surface area contributed by atoms with Gasteiger partial charge in [0.25, 0.3) is 5.69 Å². The quantitative estimate of drug-likeness (QED) is 0.307. The van der Waals surface area contributed by atoms with Gasteiger partial charge in [-0.25, -0.2) is 4.79 Å². The predicted molar refractivity (Wildman–Crippen MR) is 92.5 cm³/mol. The van der Waals surface area contributed by atoms with Crippen molar-refractivity contribution in [2.75, 3.05) is 25.5 Å². The molecule has 1 aliphatic rings. The standard InChI is InChI=1S/C15H15ClN2O6S/c1-2-23-15(20)8-14-17(13(19)9-25-14)5-6-24-12-4-3-10(18(21)22)7-11(12)16/h3-4,7-8H,2,5-6,9H2,1H3/b14-8-. The van der Waals surface area contributed by atoms with Crippen LogP contribution in [0.15, 0.2) is 29.3 Å². The first-order valence-electron chi connectivity index (χ1n) is 7.30. The molecule has 0 bridgehead atoms. The van der Waals surface area contributed by atoms with E-state index in [4.69, 9.17) is 21.1 Å². The van der Waals surface area contributed by atoms with E-state index in [1.54, 1.807) is 6.92 Å². The molecule has 1 heterocycles. The number of esters is 1. The molecule has 0 atom stereocenters. The fourth-order valence-corrected chi connectivity index (χ4v) is 3.21. The van der Waals surface area contributed by atoms with Crippen LogP contribution < -0.4 is 4.74 Å². The fraction of sp³-hybridized carbons (Fsp3) is 0.333. The average Bonchev–Trinajstić information content (AvgIpc) is 2.89. The van der Waals surface area contributed by atoms with Gasteiger partial charge in [-0.15, -0.1) is 0 Å². The van der Waals surface area contributed by atoms with Gasteiger partial charge in [-0.1, -0.05) is 23.4 Å². The number of benzene rings is 1. The smallest absolute Gasteiger partial charge is 0.333 e. The van der Waals surface area contributed by atoms with Gasteiger partial charge in [-0.05, 0) is 13.0 Å². The maximum absolute atomic E-state index is 11.9. The molecule has 1 amide bonds. The van der Waals surface area contributed by atoms with Crippen LogP contribution in [0.2, 0.25) is 5.02 Å². The normalized spacial score (nSPS) is 15.5. The SMILES string of the molecule is CCOC(=O)/C=C1\SCC(=O)N1CCOc1ccc([N+](=O)[O-])cc1Cl. The van der Waals surface area contributed by atoms with Crippen molar-refractivity contribution < 1.29 is 24.0 Å². The van der Waals surface area contributed by atoms with E-state index in [1.807, 2.05) is 0 Å². The van der Waals surface area contributed by atoms with E-state index in [2.05, 4.69) is 0 Å². The van der Waals surface area contributed by atoms with Crippen LogP contribution in [0.25, 0.3) is 0 Å². The van der Waals surface area contributed by atoms with Crippen molar-refractivity contribution in [2.45, 2.75) is 6.92 Å². The summed E-state index contributed by atoms with van der Waals surface area (Å²) in [6, 6.07) is 3.88. The van der Waals surface area contributed by atoms with E-state index in [0.717, 1.165) is 0 Å². The van der Waals surface area contributed by atoms with Crippen LogP contribution >= 0.6 is 23.4 Å². The maximum Gasteiger partial charge on any atom is 0.333 e. The number of thioether (sulfide) groups is 1. The molecule has 8 nitrogen and oxygen atoms in total.